The molecule has 0 aliphatic carbocycles. The fourth-order valence-corrected chi connectivity index (χ4v) is 2.21. The third-order valence-corrected chi connectivity index (χ3v) is 3.10. The monoisotopic (exact) mass is 233 g/mol. The maximum Gasteiger partial charge on any atom is 0.233 e. The van der Waals surface area contributed by atoms with Gasteiger partial charge in [0, 0.05) is 25.3 Å². The zero-order valence-electron chi connectivity index (χ0n) is 9.98. The molecule has 3 N–H and O–H groups in total. The number of carbonyl (C=O) groups is 1. The molecule has 2 rings (SSSR count). The van der Waals surface area contributed by atoms with Crippen molar-refractivity contribution in [2.24, 2.45) is 5.73 Å². The molecule has 0 aromatic heterocycles. The van der Waals surface area contributed by atoms with Crippen LogP contribution in [-0.2, 0) is 11.2 Å². The molecule has 0 saturated heterocycles. The van der Waals surface area contributed by atoms with E-state index >= 15 is 0 Å². The van der Waals surface area contributed by atoms with Crippen molar-refractivity contribution in [3.05, 3.63) is 29.8 Å². The Kier molecular flexibility index (Phi) is 3.98. The van der Waals surface area contributed by atoms with Gasteiger partial charge in [-0.25, -0.2) is 0 Å². The first kappa shape index (κ1) is 11.9. The van der Waals surface area contributed by atoms with E-state index in [2.05, 4.69) is 34.5 Å². The molecule has 4 heteroatoms. The zero-order valence-corrected chi connectivity index (χ0v) is 9.98. The highest BCUT2D eigenvalue weighted by atomic mass is 16.1. The predicted octanol–water partition coefficient (Wildman–Crippen LogP) is 0.514. The van der Waals surface area contributed by atoms with Crippen LogP contribution in [0.3, 0.4) is 0 Å². The smallest absolute Gasteiger partial charge is 0.233 e. The second kappa shape index (κ2) is 5.68. The summed E-state index contributed by atoms with van der Waals surface area (Å²) in [5.74, 6) is -0.0770. The lowest BCUT2D eigenvalue weighted by Crippen LogP contribution is -2.33. The molecule has 0 bridgehead atoms. The highest BCUT2D eigenvalue weighted by Crippen LogP contribution is 2.26. The Labute approximate surface area is 102 Å². The van der Waals surface area contributed by atoms with Crippen LogP contribution in [0, 0.1) is 0 Å². The van der Waals surface area contributed by atoms with Crippen molar-refractivity contribution in [2.45, 2.75) is 12.8 Å². The number of benzene rings is 1. The standard InChI is InChI=1S/C13H19N3O/c14-10-13(17)15-7-3-8-16-9-6-11-4-1-2-5-12(11)16/h1-2,4-5H,3,6-10,14H2,(H,15,17). The summed E-state index contributed by atoms with van der Waals surface area (Å²) in [5, 5.41) is 2.79. The number of anilines is 1. The molecular weight excluding hydrogens is 214 g/mol. The molecule has 0 atom stereocenters. The van der Waals surface area contributed by atoms with Crippen molar-refractivity contribution in [3.63, 3.8) is 0 Å². The largest absolute Gasteiger partial charge is 0.371 e. The second-order valence-corrected chi connectivity index (χ2v) is 4.27. The highest BCUT2D eigenvalue weighted by molar-refractivity contribution is 5.77. The van der Waals surface area contributed by atoms with Gasteiger partial charge in [-0.05, 0) is 24.5 Å². The van der Waals surface area contributed by atoms with E-state index in [4.69, 9.17) is 5.73 Å². The lowest BCUT2D eigenvalue weighted by atomic mass is 10.2. The van der Waals surface area contributed by atoms with Gasteiger partial charge in [0.15, 0.2) is 0 Å². The normalized spacial score (nSPS) is 13.6. The third-order valence-electron chi connectivity index (χ3n) is 3.10. The van der Waals surface area contributed by atoms with E-state index in [0.29, 0.717) is 6.54 Å². The zero-order chi connectivity index (χ0) is 12.1. The third kappa shape index (κ3) is 2.97. The molecule has 1 aromatic rings. The Balaban J connectivity index is 1.76. The van der Waals surface area contributed by atoms with E-state index in [1.54, 1.807) is 0 Å². The maximum atomic E-state index is 11.0. The minimum atomic E-state index is -0.0770. The van der Waals surface area contributed by atoms with Gasteiger partial charge in [-0.1, -0.05) is 18.2 Å². The first-order valence-electron chi connectivity index (χ1n) is 6.11. The second-order valence-electron chi connectivity index (χ2n) is 4.27. The van der Waals surface area contributed by atoms with Crippen LogP contribution in [0.2, 0.25) is 0 Å². The Morgan fingerprint density at radius 2 is 2.24 bits per heavy atom. The van der Waals surface area contributed by atoms with Crippen LogP contribution in [-0.4, -0.2) is 32.1 Å². The first-order valence-corrected chi connectivity index (χ1v) is 6.11. The molecule has 92 valence electrons. The summed E-state index contributed by atoms with van der Waals surface area (Å²) in [6, 6.07) is 8.52. The first-order chi connectivity index (χ1) is 8.31. The lowest BCUT2D eigenvalue weighted by Gasteiger charge is -2.19. The van der Waals surface area contributed by atoms with Gasteiger partial charge in [-0.2, -0.15) is 0 Å². The van der Waals surface area contributed by atoms with Gasteiger partial charge >= 0.3 is 0 Å². The molecule has 1 aliphatic heterocycles. The molecule has 17 heavy (non-hydrogen) atoms. The van der Waals surface area contributed by atoms with Crippen molar-refractivity contribution in [3.8, 4) is 0 Å². The number of amides is 1. The van der Waals surface area contributed by atoms with Gasteiger partial charge < -0.3 is 16.0 Å². The van der Waals surface area contributed by atoms with Crippen LogP contribution in [0.1, 0.15) is 12.0 Å². The number of nitrogens with zero attached hydrogens (tertiary/aromatic N) is 1. The molecule has 0 unspecified atom stereocenters. The highest BCUT2D eigenvalue weighted by Gasteiger charge is 2.17. The summed E-state index contributed by atoms with van der Waals surface area (Å²) in [5.41, 5.74) is 7.99. The van der Waals surface area contributed by atoms with Crippen LogP contribution in [0.4, 0.5) is 5.69 Å². The van der Waals surface area contributed by atoms with Crippen molar-refractivity contribution >= 4 is 11.6 Å². The Hall–Kier alpha value is -1.55. The molecule has 1 amide bonds. The summed E-state index contributed by atoms with van der Waals surface area (Å²) >= 11 is 0. The van der Waals surface area contributed by atoms with Gasteiger partial charge in [0.25, 0.3) is 0 Å². The lowest BCUT2D eigenvalue weighted by molar-refractivity contribution is -0.119. The number of nitrogens with one attached hydrogen (secondary N) is 1. The molecule has 0 fully saturated rings. The van der Waals surface area contributed by atoms with E-state index in [1.807, 2.05) is 0 Å². The van der Waals surface area contributed by atoms with E-state index in [9.17, 15) is 4.79 Å². The van der Waals surface area contributed by atoms with Gasteiger partial charge in [0.1, 0.15) is 0 Å². The van der Waals surface area contributed by atoms with Crippen molar-refractivity contribution in [1.29, 1.82) is 0 Å². The van der Waals surface area contributed by atoms with Crippen LogP contribution in [0.15, 0.2) is 24.3 Å². The summed E-state index contributed by atoms with van der Waals surface area (Å²) in [7, 11) is 0. The van der Waals surface area contributed by atoms with Crippen LogP contribution in [0.5, 0.6) is 0 Å². The number of hydrogen-bond donors (Lipinski definition) is 2. The summed E-state index contributed by atoms with van der Waals surface area (Å²) in [6.45, 7) is 2.85. The summed E-state index contributed by atoms with van der Waals surface area (Å²) < 4.78 is 0. The Bertz CT molecular complexity index is 392. The maximum absolute atomic E-state index is 11.0. The topological polar surface area (TPSA) is 58.4 Å². The van der Waals surface area contributed by atoms with Crippen LogP contribution in [0.25, 0.3) is 0 Å². The van der Waals surface area contributed by atoms with Crippen LogP contribution >= 0.6 is 0 Å². The van der Waals surface area contributed by atoms with Gasteiger partial charge in [-0.3, -0.25) is 4.79 Å². The minimum Gasteiger partial charge on any atom is -0.371 e. The Morgan fingerprint density at radius 3 is 3.06 bits per heavy atom. The van der Waals surface area contributed by atoms with Gasteiger partial charge in [-0.15, -0.1) is 0 Å². The molecule has 0 radical (unpaired) electrons. The average molecular weight is 233 g/mol. The average Bonchev–Trinajstić information content (AvgIpc) is 2.78. The molecule has 0 saturated carbocycles. The molecule has 4 nitrogen and oxygen atoms in total. The fraction of sp³-hybridized carbons (Fsp3) is 0.462. The quantitative estimate of drug-likeness (QED) is 0.729. The number of hydrogen-bond acceptors (Lipinski definition) is 3. The Morgan fingerprint density at radius 1 is 1.41 bits per heavy atom. The predicted molar refractivity (Wildman–Crippen MR) is 69.0 cm³/mol. The van der Waals surface area contributed by atoms with E-state index < -0.39 is 0 Å². The number of rotatable bonds is 5. The summed E-state index contributed by atoms with van der Waals surface area (Å²) in [6.07, 6.45) is 2.09. The number of para-hydroxylation sites is 1. The molecule has 0 spiro atoms. The molecular formula is C13H19N3O. The summed E-state index contributed by atoms with van der Waals surface area (Å²) in [4.78, 5) is 13.3. The van der Waals surface area contributed by atoms with Gasteiger partial charge in [0.05, 0.1) is 6.54 Å². The number of carbonyl (C=O) groups excluding carboxylic acids is 1. The van der Waals surface area contributed by atoms with Crippen molar-refractivity contribution in [1.82, 2.24) is 5.32 Å². The van der Waals surface area contributed by atoms with E-state index in [1.165, 1.54) is 11.3 Å². The number of nitrogens with two attached hydrogens (primary N) is 1. The van der Waals surface area contributed by atoms with Crippen LogP contribution < -0.4 is 16.0 Å². The molecule has 1 aromatic carbocycles. The molecule has 1 aliphatic rings. The van der Waals surface area contributed by atoms with Gasteiger partial charge in [0.2, 0.25) is 5.91 Å². The fourth-order valence-electron chi connectivity index (χ4n) is 2.21. The number of fused-ring (bicyclic) bond motifs is 1. The van der Waals surface area contributed by atoms with E-state index in [0.717, 1.165) is 25.9 Å². The SMILES string of the molecule is NCC(=O)NCCCN1CCc2ccccc21. The van der Waals surface area contributed by atoms with Crippen molar-refractivity contribution in [2.75, 3.05) is 31.1 Å². The van der Waals surface area contributed by atoms with Crippen molar-refractivity contribution < 1.29 is 4.79 Å². The van der Waals surface area contributed by atoms with E-state index in [-0.39, 0.29) is 12.5 Å². The minimum absolute atomic E-state index is 0.0759. The molecule has 1 heterocycles.